The van der Waals surface area contributed by atoms with Crippen LogP contribution in [0.4, 0.5) is 0 Å². The number of hydrogen-bond donors (Lipinski definition) is 1. The highest BCUT2D eigenvalue weighted by molar-refractivity contribution is 5.67. The molecule has 122 valence electrons. The lowest BCUT2D eigenvalue weighted by atomic mass is 10.00. The molecule has 4 rings (SSSR count). The molecular weight excluding hydrogens is 304 g/mol. The summed E-state index contributed by atoms with van der Waals surface area (Å²) in [7, 11) is 0. The van der Waals surface area contributed by atoms with Crippen molar-refractivity contribution in [2.75, 3.05) is 0 Å². The zero-order valence-electron chi connectivity index (χ0n) is 13.7. The van der Waals surface area contributed by atoms with Crippen LogP contribution < -0.4 is 5.56 Å². The number of nitriles is 1. The van der Waals surface area contributed by atoms with Crippen molar-refractivity contribution >= 4 is 5.65 Å². The van der Waals surface area contributed by atoms with Gasteiger partial charge in [0.05, 0.1) is 11.9 Å². The first kappa shape index (κ1) is 14.7. The van der Waals surface area contributed by atoms with E-state index in [1.165, 1.54) is 23.6 Å². The van der Waals surface area contributed by atoms with Gasteiger partial charge in [0.1, 0.15) is 11.6 Å². The number of hydrogen-bond acceptors (Lipinski definition) is 4. The van der Waals surface area contributed by atoms with E-state index in [1.54, 1.807) is 6.20 Å². The van der Waals surface area contributed by atoms with Gasteiger partial charge in [-0.05, 0) is 24.7 Å². The molecule has 3 heterocycles. The molecule has 1 saturated carbocycles. The molecular formula is C17H18N6O. The Morgan fingerprint density at radius 3 is 2.92 bits per heavy atom. The second-order valence-electron chi connectivity index (χ2n) is 6.69. The fourth-order valence-electron chi connectivity index (χ4n) is 3.00. The Bertz CT molecular complexity index is 1010. The molecule has 0 amide bonds. The zero-order chi connectivity index (χ0) is 16.8. The average Bonchev–Trinajstić information content (AvgIpc) is 3.08. The maximum atomic E-state index is 12.8. The summed E-state index contributed by atoms with van der Waals surface area (Å²) in [5.74, 6) is 0.732. The van der Waals surface area contributed by atoms with E-state index in [0.29, 0.717) is 22.5 Å². The largest absolute Gasteiger partial charge is 0.295 e. The van der Waals surface area contributed by atoms with E-state index in [9.17, 15) is 10.1 Å². The van der Waals surface area contributed by atoms with Crippen LogP contribution in [0.15, 0.2) is 23.4 Å². The predicted octanol–water partition coefficient (Wildman–Crippen LogP) is 2.29. The van der Waals surface area contributed by atoms with Crippen LogP contribution in [0.3, 0.4) is 0 Å². The molecule has 1 aliphatic rings. The van der Waals surface area contributed by atoms with Gasteiger partial charge in [-0.15, -0.1) is 0 Å². The number of rotatable bonds is 4. The Hall–Kier alpha value is -2.88. The lowest BCUT2D eigenvalue weighted by molar-refractivity contribution is 0.563. The number of aromatic nitrogens is 5. The molecule has 0 bridgehead atoms. The van der Waals surface area contributed by atoms with E-state index < -0.39 is 0 Å². The van der Waals surface area contributed by atoms with Crippen LogP contribution in [-0.4, -0.2) is 24.4 Å². The van der Waals surface area contributed by atoms with Gasteiger partial charge in [0.25, 0.3) is 5.56 Å². The molecule has 0 spiro atoms. The summed E-state index contributed by atoms with van der Waals surface area (Å²) in [5.41, 5.74) is 2.62. The van der Waals surface area contributed by atoms with Gasteiger partial charge in [0.15, 0.2) is 5.65 Å². The summed E-state index contributed by atoms with van der Waals surface area (Å²) in [6.45, 7) is 4.85. The fraction of sp³-hybridized carbons (Fsp3) is 0.412. The minimum Gasteiger partial charge on any atom is -0.295 e. The van der Waals surface area contributed by atoms with Crippen LogP contribution in [0.25, 0.3) is 16.9 Å². The van der Waals surface area contributed by atoms with Crippen molar-refractivity contribution in [2.24, 2.45) is 5.92 Å². The molecule has 1 fully saturated rings. The highest BCUT2D eigenvalue weighted by Crippen LogP contribution is 2.31. The third-order valence-corrected chi connectivity index (χ3v) is 4.44. The maximum Gasteiger partial charge on any atom is 0.276 e. The van der Waals surface area contributed by atoms with Crippen molar-refractivity contribution in [1.29, 1.82) is 5.26 Å². The van der Waals surface area contributed by atoms with E-state index in [2.05, 4.69) is 21.3 Å². The first-order chi connectivity index (χ1) is 11.6. The summed E-state index contributed by atoms with van der Waals surface area (Å²) in [6, 6.07) is 2.07. The molecule has 0 saturated heterocycles. The molecule has 24 heavy (non-hydrogen) atoms. The van der Waals surface area contributed by atoms with Crippen LogP contribution in [0.1, 0.15) is 43.7 Å². The third-order valence-electron chi connectivity index (χ3n) is 4.44. The third kappa shape index (κ3) is 2.31. The highest BCUT2D eigenvalue weighted by Gasteiger charge is 2.24. The number of fused-ring (bicyclic) bond motifs is 1. The Kier molecular flexibility index (Phi) is 3.27. The summed E-state index contributed by atoms with van der Waals surface area (Å²) in [4.78, 5) is 17.5. The summed E-state index contributed by atoms with van der Waals surface area (Å²) < 4.78 is 3.26. The molecule has 1 N–H and O–H groups in total. The number of nitrogens with zero attached hydrogens (tertiary/aromatic N) is 5. The predicted molar refractivity (Wildman–Crippen MR) is 88.6 cm³/mol. The lowest BCUT2D eigenvalue weighted by Gasteiger charge is -2.10. The summed E-state index contributed by atoms with van der Waals surface area (Å²) in [6.07, 6.45) is 7.72. The van der Waals surface area contributed by atoms with Crippen molar-refractivity contribution in [3.05, 3.63) is 40.1 Å². The van der Waals surface area contributed by atoms with Crippen LogP contribution in [0.2, 0.25) is 0 Å². The van der Waals surface area contributed by atoms with E-state index in [0.717, 1.165) is 18.0 Å². The standard InChI is InChI=1S/C17H18N6O/c1-10(2)14-15(13-7-19-22(9-13)8-11-3-4-11)21-16-12(5-18)6-20-23(16)17(14)24/h6-7,9-11,20H,3-4,8H2,1-2H3. The normalized spacial score (nSPS) is 14.4. The van der Waals surface area contributed by atoms with Gasteiger partial charge in [0, 0.05) is 30.1 Å². The quantitative estimate of drug-likeness (QED) is 0.797. The first-order valence-electron chi connectivity index (χ1n) is 8.15. The van der Waals surface area contributed by atoms with Crippen LogP contribution in [-0.2, 0) is 6.54 Å². The van der Waals surface area contributed by atoms with Crippen molar-refractivity contribution in [3.8, 4) is 17.3 Å². The van der Waals surface area contributed by atoms with Crippen LogP contribution in [0.5, 0.6) is 0 Å². The molecule has 0 aromatic carbocycles. The average molecular weight is 322 g/mol. The molecule has 3 aromatic rings. The van der Waals surface area contributed by atoms with Gasteiger partial charge in [0.2, 0.25) is 0 Å². The van der Waals surface area contributed by atoms with E-state index in [1.807, 2.05) is 24.7 Å². The molecule has 0 aliphatic heterocycles. The van der Waals surface area contributed by atoms with Gasteiger partial charge in [-0.25, -0.2) is 9.50 Å². The van der Waals surface area contributed by atoms with Crippen molar-refractivity contribution in [1.82, 2.24) is 24.4 Å². The Morgan fingerprint density at radius 1 is 1.46 bits per heavy atom. The van der Waals surface area contributed by atoms with Crippen LogP contribution >= 0.6 is 0 Å². The van der Waals surface area contributed by atoms with E-state index >= 15 is 0 Å². The zero-order valence-corrected chi connectivity index (χ0v) is 13.7. The first-order valence-corrected chi connectivity index (χ1v) is 8.15. The molecule has 0 atom stereocenters. The topological polar surface area (TPSA) is 91.8 Å². The molecule has 7 nitrogen and oxygen atoms in total. The van der Waals surface area contributed by atoms with E-state index in [-0.39, 0.29) is 11.5 Å². The minimum absolute atomic E-state index is 0.0116. The smallest absolute Gasteiger partial charge is 0.276 e. The molecule has 0 unspecified atom stereocenters. The molecule has 1 aliphatic carbocycles. The molecule has 3 aromatic heterocycles. The Labute approximate surface area is 138 Å². The van der Waals surface area contributed by atoms with Crippen molar-refractivity contribution in [3.63, 3.8) is 0 Å². The molecule has 0 radical (unpaired) electrons. The van der Waals surface area contributed by atoms with Gasteiger partial charge in [-0.3, -0.25) is 14.6 Å². The maximum absolute atomic E-state index is 12.8. The van der Waals surface area contributed by atoms with Gasteiger partial charge >= 0.3 is 0 Å². The molecule has 7 heteroatoms. The Morgan fingerprint density at radius 2 is 2.25 bits per heavy atom. The van der Waals surface area contributed by atoms with Crippen LogP contribution in [0, 0.1) is 17.2 Å². The van der Waals surface area contributed by atoms with Gasteiger partial charge < -0.3 is 0 Å². The number of nitrogens with one attached hydrogen (secondary N) is 1. The van der Waals surface area contributed by atoms with E-state index in [4.69, 9.17) is 0 Å². The number of aromatic amines is 1. The monoisotopic (exact) mass is 322 g/mol. The highest BCUT2D eigenvalue weighted by atomic mass is 16.1. The minimum atomic E-state index is -0.165. The van der Waals surface area contributed by atoms with Crippen molar-refractivity contribution < 1.29 is 0 Å². The number of H-pyrrole nitrogens is 1. The summed E-state index contributed by atoms with van der Waals surface area (Å²) in [5, 5.41) is 16.5. The lowest BCUT2D eigenvalue weighted by Crippen LogP contribution is -2.22. The van der Waals surface area contributed by atoms with Gasteiger partial charge in [-0.2, -0.15) is 10.4 Å². The van der Waals surface area contributed by atoms with Crippen molar-refractivity contribution in [2.45, 2.75) is 39.2 Å². The second-order valence-corrected chi connectivity index (χ2v) is 6.69. The fourth-order valence-corrected chi connectivity index (χ4v) is 3.00. The Balaban J connectivity index is 1.92. The SMILES string of the molecule is CC(C)c1c(-c2cnn(CC3CC3)c2)nc2c(C#N)c[nH]n2c1=O. The van der Waals surface area contributed by atoms with Gasteiger partial charge in [-0.1, -0.05) is 13.8 Å². The summed E-state index contributed by atoms with van der Waals surface area (Å²) >= 11 is 0. The second kappa shape index (κ2) is 5.34.